The monoisotopic (exact) mass is 295 g/mol. The highest BCUT2D eigenvalue weighted by atomic mass is 32.2. The third-order valence-electron chi connectivity index (χ3n) is 2.90. The van der Waals surface area contributed by atoms with Crippen molar-refractivity contribution in [3.05, 3.63) is 36.9 Å². The molecule has 2 rings (SSSR count). The molecule has 2 N–H and O–H groups in total. The topological polar surface area (TPSA) is 78.5 Å². The molecule has 1 aliphatic rings. The number of nitrogens with zero attached hydrogens (tertiary/aromatic N) is 1. The predicted molar refractivity (Wildman–Crippen MR) is 79.4 cm³/mol. The Balaban J connectivity index is 2.12. The van der Waals surface area contributed by atoms with E-state index in [4.69, 9.17) is 0 Å². The molecule has 1 aromatic carbocycles. The van der Waals surface area contributed by atoms with E-state index in [0.29, 0.717) is 30.9 Å². The van der Waals surface area contributed by atoms with Gasteiger partial charge in [0.1, 0.15) is 0 Å². The van der Waals surface area contributed by atoms with Gasteiger partial charge in [-0.1, -0.05) is 12.1 Å². The van der Waals surface area contributed by atoms with Crippen molar-refractivity contribution in [2.75, 3.05) is 28.5 Å². The third-order valence-corrected chi connectivity index (χ3v) is 4.77. The Morgan fingerprint density at radius 1 is 1.45 bits per heavy atom. The fraction of sp³-hybridized carbons (Fsp3) is 0.308. The molecule has 0 spiro atoms. The Kier molecular flexibility index (Phi) is 4.29. The lowest BCUT2D eigenvalue weighted by molar-refractivity contribution is 0.253. The molecule has 0 saturated carbocycles. The molecule has 1 heterocycles. The maximum Gasteiger partial charge on any atom is 0.319 e. The van der Waals surface area contributed by atoms with Crippen molar-refractivity contribution < 1.29 is 13.2 Å². The number of hydrogen-bond acceptors (Lipinski definition) is 3. The zero-order valence-corrected chi connectivity index (χ0v) is 11.8. The number of sulfonamides is 1. The summed E-state index contributed by atoms with van der Waals surface area (Å²) < 4.78 is 25.1. The summed E-state index contributed by atoms with van der Waals surface area (Å²) >= 11 is 0. The van der Waals surface area contributed by atoms with Gasteiger partial charge in [-0.2, -0.15) is 0 Å². The zero-order valence-electron chi connectivity index (χ0n) is 11.0. The number of anilines is 2. The quantitative estimate of drug-likeness (QED) is 0.827. The lowest BCUT2D eigenvalue weighted by atomic mass is 10.2. The first-order valence-electron chi connectivity index (χ1n) is 6.29. The van der Waals surface area contributed by atoms with E-state index in [1.54, 1.807) is 30.3 Å². The van der Waals surface area contributed by atoms with Gasteiger partial charge in [0.05, 0.1) is 11.4 Å². The second-order valence-corrected chi connectivity index (χ2v) is 6.43. The van der Waals surface area contributed by atoms with Crippen LogP contribution in [0.15, 0.2) is 36.9 Å². The second-order valence-electron chi connectivity index (χ2n) is 4.42. The van der Waals surface area contributed by atoms with Gasteiger partial charge >= 0.3 is 6.03 Å². The summed E-state index contributed by atoms with van der Waals surface area (Å²) in [6, 6.07) is 6.43. The highest BCUT2D eigenvalue weighted by Gasteiger charge is 2.28. The molecule has 0 aromatic heterocycles. The van der Waals surface area contributed by atoms with Gasteiger partial charge in [-0.15, -0.1) is 6.58 Å². The minimum Gasteiger partial charge on any atom is -0.334 e. The van der Waals surface area contributed by atoms with Crippen molar-refractivity contribution in [2.24, 2.45) is 0 Å². The molecule has 0 bridgehead atoms. The fourth-order valence-corrected chi connectivity index (χ4v) is 3.56. The largest absolute Gasteiger partial charge is 0.334 e. The SMILES string of the molecule is C=CCNC(=O)Nc1cccc(N2CCCS2(=O)=O)c1. The van der Waals surface area contributed by atoms with Crippen LogP contribution in [0.2, 0.25) is 0 Å². The zero-order chi connectivity index (χ0) is 14.6. The van der Waals surface area contributed by atoms with Crippen LogP contribution < -0.4 is 14.9 Å². The van der Waals surface area contributed by atoms with E-state index in [1.807, 2.05) is 0 Å². The van der Waals surface area contributed by atoms with Crippen LogP contribution in [0.5, 0.6) is 0 Å². The Labute approximate surface area is 118 Å². The average Bonchev–Trinajstić information content (AvgIpc) is 2.76. The molecule has 7 heteroatoms. The van der Waals surface area contributed by atoms with E-state index in [1.165, 1.54) is 4.31 Å². The molecule has 1 aliphatic heterocycles. The first kappa shape index (κ1) is 14.4. The van der Waals surface area contributed by atoms with Gasteiger partial charge in [0.25, 0.3) is 0 Å². The van der Waals surface area contributed by atoms with Crippen molar-refractivity contribution in [2.45, 2.75) is 6.42 Å². The molecule has 6 nitrogen and oxygen atoms in total. The van der Waals surface area contributed by atoms with Crippen molar-refractivity contribution in [1.29, 1.82) is 0 Å². The summed E-state index contributed by atoms with van der Waals surface area (Å²) in [4.78, 5) is 11.5. The molecule has 1 fully saturated rings. The third kappa shape index (κ3) is 3.30. The van der Waals surface area contributed by atoms with Gasteiger partial charge < -0.3 is 10.6 Å². The second kappa shape index (κ2) is 5.96. The molecule has 108 valence electrons. The molecule has 2 amide bonds. The maximum atomic E-state index is 11.9. The van der Waals surface area contributed by atoms with Gasteiger partial charge in [0.15, 0.2) is 0 Å². The molecule has 1 saturated heterocycles. The molecule has 20 heavy (non-hydrogen) atoms. The van der Waals surface area contributed by atoms with Crippen molar-refractivity contribution in [3.63, 3.8) is 0 Å². The molecule has 0 aliphatic carbocycles. The van der Waals surface area contributed by atoms with E-state index in [2.05, 4.69) is 17.2 Å². The molecule has 1 aromatic rings. The summed E-state index contributed by atoms with van der Waals surface area (Å²) in [5.74, 6) is 0.171. The first-order chi connectivity index (χ1) is 9.53. The summed E-state index contributed by atoms with van der Waals surface area (Å²) in [5.41, 5.74) is 1.12. The fourth-order valence-electron chi connectivity index (χ4n) is 2.01. The van der Waals surface area contributed by atoms with Crippen LogP contribution in [0.4, 0.5) is 16.2 Å². The summed E-state index contributed by atoms with van der Waals surface area (Å²) in [6.07, 6.45) is 2.20. The van der Waals surface area contributed by atoms with Crippen LogP contribution in [0, 0.1) is 0 Å². The van der Waals surface area contributed by atoms with Crippen LogP contribution in [-0.4, -0.2) is 33.3 Å². The van der Waals surface area contributed by atoms with E-state index >= 15 is 0 Å². The normalized spacial score (nSPS) is 16.7. The lowest BCUT2D eigenvalue weighted by Crippen LogP contribution is -2.29. The molecular formula is C13H17N3O3S. The van der Waals surface area contributed by atoms with E-state index in [0.717, 1.165) is 0 Å². The number of carbonyl (C=O) groups excluding carboxylic acids is 1. The Morgan fingerprint density at radius 3 is 2.90 bits per heavy atom. The van der Waals surface area contributed by atoms with Crippen LogP contribution in [0.3, 0.4) is 0 Å². The van der Waals surface area contributed by atoms with E-state index in [-0.39, 0.29) is 11.8 Å². The Morgan fingerprint density at radius 2 is 2.25 bits per heavy atom. The smallest absolute Gasteiger partial charge is 0.319 e. The number of rotatable bonds is 4. The molecular weight excluding hydrogens is 278 g/mol. The van der Waals surface area contributed by atoms with Gasteiger partial charge in [0, 0.05) is 18.8 Å². The minimum atomic E-state index is -3.21. The average molecular weight is 295 g/mol. The minimum absolute atomic E-state index is 0.171. The van der Waals surface area contributed by atoms with Crippen LogP contribution in [-0.2, 0) is 10.0 Å². The van der Waals surface area contributed by atoms with Crippen LogP contribution in [0.1, 0.15) is 6.42 Å². The maximum absolute atomic E-state index is 11.9. The summed E-state index contributed by atoms with van der Waals surface area (Å²) in [6.45, 7) is 4.35. The number of urea groups is 1. The van der Waals surface area contributed by atoms with Crippen molar-refractivity contribution >= 4 is 27.4 Å². The van der Waals surface area contributed by atoms with Crippen molar-refractivity contribution in [1.82, 2.24) is 5.32 Å². The predicted octanol–water partition coefficient (Wildman–Crippen LogP) is 1.53. The van der Waals surface area contributed by atoms with Gasteiger partial charge in [-0.3, -0.25) is 4.31 Å². The Bertz CT molecular complexity index is 613. The highest BCUT2D eigenvalue weighted by molar-refractivity contribution is 7.93. The Hall–Kier alpha value is -2.02. The highest BCUT2D eigenvalue weighted by Crippen LogP contribution is 2.26. The number of amides is 2. The van der Waals surface area contributed by atoms with Gasteiger partial charge in [-0.05, 0) is 24.6 Å². The summed E-state index contributed by atoms with van der Waals surface area (Å²) in [5, 5.41) is 5.23. The number of carbonyl (C=O) groups is 1. The van der Waals surface area contributed by atoms with E-state index < -0.39 is 10.0 Å². The lowest BCUT2D eigenvalue weighted by Gasteiger charge is -2.17. The number of benzene rings is 1. The molecule has 0 atom stereocenters. The molecule has 0 unspecified atom stereocenters. The van der Waals surface area contributed by atoms with Crippen LogP contribution >= 0.6 is 0 Å². The van der Waals surface area contributed by atoms with Gasteiger partial charge in [-0.25, -0.2) is 13.2 Å². The standard InChI is InChI=1S/C13H17N3O3S/c1-2-7-14-13(17)15-11-5-3-6-12(10-11)16-8-4-9-20(16,18)19/h2-3,5-6,10H,1,4,7-9H2,(H2,14,15,17). The van der Waals surface area contributed by atoms with Crippen molar-refractivity contribution in [3.8, 4) is 0 Å². The molecule has 0 radical (unpaired) electrons. The van der Waals surface area contributed by atoms with E-state index in [9.17, 15) is 13.2 Å². The number of hydrogen-bond donors (Lipinski definition) is 2. The summed E-state index contributed by atoms with van der Waals surface area (Å²) in [7, 11) is -3.21. The first-order valence-corrected chi connectivity index (χ1v) is 7.90. The number of nitrogens with one attached hydrogen (secondary N) is 2. The van der Waals surface area contributed by atoms with Crippen LogP contribution in [0.25, 0.3) is 0 Å². The van der Waals surface area contributed by atoms with Gasteiger partial charge in [0.2, 0.25) is 10.0 Å².